The van der Waals surface area contributed by atoms with Gasteiger partial charge in [0.2, 0.25) is 0 Å². The molecule has 0 saturated carbocycles. The number of aromatic nitrogens is 2. The predicted molar refractivity (Wildman–Crippen MR) is 95.3 cm³/mol. The molecule has 0 saturated heterocycles. The topological polar surface area (TPSA) is 92.1 Å². The lowest BCUT2D eigenvalue weighted by Crippen LogP contribution is -2.25. The van der Waals surface area contributed by atoms with Crippen LogP contribution in [0, 0.1) is 10.1 Å². The predicted octanol–water partition coefficient (Wildman–Crippen LogP) is 3.02. The van der Waals surface area contributed by atoms with Gasteiger partial charge in [0, 0.05) is 18.2 Å². The lowest BCUT2D eigenvalue weighted by Gasteiger charge is -2.24. The number of hydrogen-bond acceptors (Lipinski definition) is 5. The number of nitrogens with zero attached hydrogens (tertiary/aromatic N) is 3. The van der Waals surface area contributed by atoms with E-state index in [1.165, 1.54) is 6.07 Å². The van der Waals surface area contributed by atoms with Crippen LogP contribution in [-0.2, 0) is 6.54 Å². The van der Waals surface area contributed by atoms with Gasteiger partial charge in [-0.15, -0.1) is 0 Å². The van der Waals surface area contributed by atoms with Gasteiger partial charge < -0.3 is 4.98 Å². The molecule has 1 atom stereocenters. The molecule has 0 bridgehead atoms. The van der Waals surface area contributed by atoms with Crippen molar-refractivity contribution in [3.63, 3.8) is 0 Å². The second-order valence-corrected chi connectivity index (χ2v) is 5.97. The summed E-state index contributed by atoms with van der Waals surface area (Å²) in [5.41, 5.74) is 1.38. The summed E-state index contributed by atoms with van der Waals surface area (Å²) in [5, 5.41) is 11.5. The van der Waals surface area contributed by atoms with Crippen molar-refractivity contribution in [2.45, 2.75) is 19.5 Å². The van der Waals surface area contributed by atoms with Crippen LogP contribution in [0.1, 0.15) is 24.4 Å². The summed E-state index contributed by atoms with van der Waals surface area (Å²) in [6, 6.07) is 13.7. The van der Waals surface area contributed by atoms with E-state index in [0.29, 0.717) is 23.3 Å². The summed E-state index contributed by atoms with van der Waals surface area (Å²) in [6.07, 6.45) is 0. The van der Waals surface area contributed by atoms with Crippen LogP contribution in [0.2, 0.25) is 0 Å². The van der Waals surface area contributed by atoms with E-state index in [2.05, 4.69) is 9.97 Å². The van der Waals surface area contributed by atoms with Gasteiger partial charge in [0.05, 0.1) is 22.4 Å². The van der Waals surface area contributed by atoms with Crippen molar-refractivity contribution in [2.75, 3.05) is 7.05 Å². The summed E-state index contributed by atoms with van der Waals surface area (Å²) in [6.45, 7) is 2.38. The fourth-order valence-corrected chi connectivity index (χ4v) is 2.74. The van der Waals surface area contributed by atoms with Gasteiger partial charge in [-0.1, -0.05) is 24.3 Å². The van der Waals surface area contributed by atoms with Gasteiger partial charge in [0.25, 0.3) is 11.2 Å². The molecule has 128 valence electrons. The van der Waals surface area contributed by atoms with Crippen LogP contribution in [0.15, 0.2) is 53.3 Å². The zero-order valence-corrected chi connectivity index (χ0v) is 14.0. The molecule has 0 aliphatic carbocycles. The molecule has 1 heterocycles. The minimum Gasteiger partial charge on any atom is -0.309 e. The third kappa shape index (κ3) is 3.56. The van der Waals surface area contributed by atoms with Crippen LogP contribution in [0.4, 0.5) is 5.69 Å². The van der Waals surface area contributed by atoms with Crippen molar-refractivity contribution in [3.05, 3.63) is 80.4 Å². The largest absolute Gasteiger partial charge is 0.309 e. The first kappa shape index (κ1) is 16.8. The van der Waals surface area contributed by atoms with E-state index in [4.69, 9.17) is 0 Å². The van der Waals surface area contributed by atoms with E-state index in [0.717, 1.165) is 5.56 Å². The first-order valence-corrected chi connectivity index (χ1v) is 7.88. The highest BCUT2D eigenvalue weighted by Gasteiger charge is 2.16. The normalized spacial score (nSPS) is 12.4. The lowest BCUT2D eigenvalue weighted by molar-refractivity contribution is -0.384. The molecule has 0 aliphatic heterocycles. The molecule has 0 aliphatic rings. The Hall–Kier alpha value is -3.06. The van der Waals surface area contributed by atoms with Crippen LogP contribution < -0.4 is 5.56 Å². The van der Waals surface area contributed by atoms with Crippen molar-refractivity contribution < 1.29 is 4.92 Å². The van der Waals surface area contributed by atoms with Gasteiger partial charge in [-0.25, -0.2) is 4.98 Å². The maximum Gasteiger partial charge on any atom is 0.269 e. The molecule has 3 aromatic rings. The first-order valence-electron chi connectivity index (χ1n) is 7.88. The molecular weight excluding hydrogens is 320 g/mol. The van der Waals surface area contributed by atoms with E-state index < -0.39 is 4.92 Å². The summed E-state index contributed by atoms with van der Waals surface area (Å²) >= 11 is 0. The molecule has 3 rings (SSSR count). The number of para-hydroxylation sites is 1. The molecule has 0 spiro atoms. The smallest absolute Gasteiger partial charge is 0.269 e. The lowest BCUT2D eigenvalue weighted by atomic mass is 10.1. The van der Waals surface area contributed by atoms with Gasteiger partial charge in [-0.2, -0.15) is 0 Å². The van der Waals surface area contributed by atoms with E-state index in [1.807, 2.05) is 31.0 Å². The number of aromatic amines is 1. The molecule has 0 amide bonds. The second kappa shape index (κ2) is 6.82. The van der Waals surface area contributed by atoms with Gasteiger partial charge in [0.15, 0.2) is 0 Å². The summed E-state index contributed by atoms with van der Waals surface area (Å²) < 4.78 is 0. The van der Waals surface area contributed by atoms with Crippen LogP contribution in [-0.4, -0.2) is 26.8 Å². The molecule has 0 radical (unpaired) electrons. The molecule has 1 unspecified atom stereocenters. The van der Waals surface area contributed by atoms with Gasteiger partial charge in [0.1, 0.15) is 5.82 Å². The zero-order chi connectivity index (χ0) is 18.0. The number of nitro benzene ring substituents is 1. The highest BCUT2D eigenvalue weighted by Crippen LogP contribution is 2.23. The summed E-state index contributed by atoms with van der Waals surface area (Å²) in [5.74, 6) is 0.559. The van der Waals surface area contributed by atoms with E-state index in [-0.39, 0.29) is 17.3 Å². The van der Waals surface area contributed by atoms with Crippen molar-refractivity contribution in [2.24, 2.45) is 0 Å². The monoisotopic (exact) mass is 338 g/mol. The van der Waals surface area contributed by atoms with Gasteiger partial charge >= 0.3 is 0 Å². The quantitative estimate of drug-likeness (QED) is 0.570. The highest BCUT2D eigenvalue weighted by molar-refractivity contribution is 5.77. The van der Waals surface area contributed by atoms with E-state index >= 15 is 0 Å². The molecular formula is C18H18N4O3. The molecule has 1 N–H and O–H groups in total. The Labute approximate surface area is 144 Å². The van der Waals surface area contributed by atoms with Crippen molar-refractivity contribution in [1.82, 2.24) is 14.9 Å². The Balaban J connectivity index is 1.84. The standard InChI is InChI=1S/C18H18N4O3/c1-12(13-6-5-7-14(10-13)22(24)25)21(2)11-17-19-16-9-4-3-8-15(16)18(23)20-17/h3-10,12H,11H2,1-2H3,(H,19,20,23). The van der Waals surface area contributed by atoms with E-state index in [9.17, 15) is 14.9 Å². The Morgan fingerprint density at radius 2 is 2.00 bits per heavy atom. The third-order valence-electron chi connectivity index (χ3n) is 4.29. The highest BCUT2D eigenvalue weighted by atomic mass is 16.6. The Bertz CT molecular complexity index is 983. The molecule has 2 aromatic carbocycles. The van der Waals surface area contributed by atoms with Crippen molar-refractivity contribution in [1.29, 1.82) is 0 Å². The number of hydrogen-bond donors (Lipinski definition) is 1. The Kier molecular flexibility index (Phi) is 4.58. The molecule has 25 heavy (non-hydrogen) atoms. The van der Waals surface area contributed by atoms with E-state index in [1.54, 1.807) is 30.3 Å². The molecule has 0 fully saturated rings. The zero-order valence-electron chi connectivity index (χ0n) is 14.0. The number of fused-ring (bicyclic) bond motifs is 1. The van der Waals surface area contributed by atoms with Crippen LogP contribution in [0.25, 0.3) is 10.9 Å². The molecule has 1 aromatic heterocycles. The maximum absolute atomic E-state index is 12.2. The number of non-ortho nitro benzene ring substituents is 1. The van der Waals surface area contributed by atoms with Crippen molar-refractivity contribution >= 4 is 16.6 Å². The number of benzene rings is 2. The van der Waals surface area contributed by atoms with Crippen molar-refractivity contribution in [3.8, 4) is 0 Å². The van der Waals surface area contributed by atoms with Gasteiger partial charge in [-0.05, 0) is 31.7 Å². The fourth-order valence-electron chi connectivity index (χ4n) is 2.74. The first-order chi connectivity index (χ1) is 12.0. The average molecular weight is 338 g/mol. The minimum atomic E-state index is -0.404. The minimum absolute atomic E-state index is 0.0648. The maximum atomic E-state index is 12.2. The average Bonchev–Trinajstić information content (AvgIpc) is 2.61. The van der Waals surface area contributed by atoms with Crippen LogP contribution >= 0.6 is 0 Å². The summed E-state index contributed by atoms with van der Waals surface area (Å²) in [7, 11) is 1.89. The molecule has 7 nitrogen and oxygen atoms in total. The Morgan fingerprint density at radius 1 is 1.24 bits per heavy atom. The number of rotatable bonds is 5. The second-order valence-electron chi connectivity index (χ2n) is 5.97. The van der Waals surface area contributed by atoms with Gasteiger partial charge in [-0.3, -0.25) is 19.8 Å². The SMILES string of the molecule is CC(c1cccc([N+](=O)[O-])c1)N(C)Cc1nc2ccccc2c(=O)[nH]1. The Morgan fingerprint density at radius 3 is 2.76 bits per heavy atom. The number of H-pyrrole nitrogens is 1. The molecule has 7 heteroatoms. The fraction of sp³-hybridized carbons (Fsp3) is 0.222. The number of nitro groups is 1. The summed E-state index contributed by atoms with van der Waals surface area (Å²) in [4.78, 5) is 32.0. The third-order valence-corrected chi connectivity index (χ3v) is 4.29. The van der Waals surface area contributed by atoms with Crippen LogP contribution in [0.3, 0.4) is 0 Å². The number of nitrogens with one attached hydrogen (secondary N) is 1. The van der Waals surface area contributed by atoms with Crippen LogP contribution in [0.5, 0.6) is 0 Å².